The Morgan fingerprint density at radius 1 is 1.29 bits per heavy atom. The van der Waals surface area contributed by atoms with Gasteiger partial charge in [0.1, 0.15) is 0 Å². The van der Waals surface area contributed by atoms with Gasteiger partial charge in [0.2, 0.25) is 0 Å². The molecular weight excluding hydrogens is 234 g/mol. The standard InChI is InChI=1S/C12H19N3OS/c1-14-5-7-15(8-6-14)12-13-11-9(16)3-2-4-10(11)17-12/h9,16H,2-8H2,1H3. The first kappa shape index (κ1) is 11.4. The quantitative estimate of drug-likeness (QED) is 0.818. The molecule has 1 N–H and O–H groups in total. The molecule has 0 saturated carbocycles. The van der Waals surface area contributed by atoms with Crippen LogP contribution in [0.1, 0.15) is 29.5 Å². The molecule has 94 valence electrons. The molecule has 2 aliphatic rings. The van der Waals surface area contributed by atoms with E-state index in [4.69, 9.17) is 0 Å². The van der Waals surface area contributed by atoms with E-state index in [1.54, 1.807) is 11.3 Å². The van der Waals surface area contributed by atoms with E-state index in [9.17, 15) is 5.11 Å². The summed E-state index contributed by atoms with van der Waals surface area (Å²) in [6, 6.07) is 0. The van der Waals surface area contributed by atoms with Gasteiger partial charge in [-0.25, -0.2) is 4.98 Å². The van der Waals surface area contributed by atoms with Gasteiger partial charge >= 0.3 is 0 Å². The van der Waals surface area contributed by atoms with E-state index in [0.717, 1.165) is 56.3 Å². The van der Waals surface area contributed by atoms with Crippen molar-refractivity contribution in [3.63, 3.8) is 0 Å². The predicted molar refractivity (Wildman–Crippen MR) is 69.7 cm³/mol. The monoisotopic (exact) mass is 253 g/mol. The molecule has 1 aliphatic carbocycles. The highest BCUT2D eigenvalue weighted by Crippen LogP contribution is 2.36. The normalized spacial score (nSPS) is 26.0. The number of anilines is 1. The summed E-state index contributed by atoms with van der Waals surface area (Å²) in [4.78, 5) is 10.7. The van der Waals surface area contributed by atoms with E-state index < -0.39 is 0 Å². The Kier molecular flexibility index (Phi) is 3.06. The number of aliphatic hydroxyl groups excluding tert-OH is 1. The minimum Gasteiger partial charge on any atom is -0.387 e. The molecule has 1 fully saturated rings. The second kappa shape index (κ2) is 4.55. The number of aliphatic hydroxyl groups is 1. The van der Waals surface area contributed by atoms with E-state index in [-0.39, 0.29) is 6.10 Å². The molecule has 3 rings (SSSR count). The van der Waals surface area contributed by atoms with Gasteiger partial charge in [0.15, 0.2) is 5.13 Å². The van der Waals surface area contributed by atoms with E-state index in [1.807, 2.05) is 0 Å². The summed E-state index contributed by atoms with van der Waals surface area (Å²) in [6.45, 7) is 4.32. The topological polar surface area (TPSA) is 39.6 Å². The van der Waals surface area contributed by atoms with Gasteiger partial charge in [0.05, 0.1) is 11.8 Å². The lowest BCUT2D eigenvalue weighted by Gasteiger charge is -2.32. The van der Waals surface area contributed by atoms with Crippen molar-refractivity contribution in [2.45, 2.75) is 25.4 Å². The van der Waals surface area contributed by atoms with Crippen molar-refractivity contribution in [1.82, 2.24) is 9.88 Å². The van der Waals surface area contributed by atoms with Crippen molar-refractivity contribution >= 4 is 16.5 Å². The zero-order chi connectivity index (χ0) is 11.8. The summed E-state index contributed by atoms with van der Waals surface area (Å²) in [5.74, 6) is 0. The summed E-state index contributed by atoms with van der Waals surface area (Å²) < 4.78 is 0. The van der Waals surface area contributed by atoms with Crippen molar-refractivity contribution in [2.24, 2.45) is 0 Å². The van der Waals surface area contributed by atoms with Crippen LogP contribution in [-0.4, -0.2) is 48.2 Å². The third-order valence-corrected chi connectivity index (χ3v) is 4.88. The van der Waals surface area contributed by atoms with E-state index in [1.165, 1.54) is 4.88 Å². The Balaban J connectivity index is 1.80. The molecule has 2 heterocycles. The molecular formula is C12H19N3OS. The first-order chi connectivity index (χ1) is 8.24. The van der Waals surface area contributed by atoms with Crippen LogP contribution in [0.5, 0.6) is 0 Å². The molecule has 0 amide bonds. The zero-order valence-electron chi connectivity index (χ0n) is 10.2. The molecule has 1 atom stereocenters. The number of piperazine rings is 1. The summed E-state index contributed by atoms with van der Waals surface area (Å²) in [7, 11) is 2.16. The number of fused-ring (bicyclic) bond motifs is 1. The van der Waals surface area contributed by atoms with Crippen LogP contribution in [-0.2, 0) is 6.42 Å². The summed E-state index contributed by atoms with van der Waals surface area (Å²) in [6.07, 6.45) is 2.74. The SMILES string of the molecule is CN1CCN(c2nc3c(s2)CCCC3O)CC1. The van der Waals surface area contributed by atoms with Gasteiger partial charge in [-0.05, 0) is 26.3 Å². The van der Waals surface area contributed by atoms with Crippen molar-refractivity contribution in [3.05, 3.63) is 10.6 Å². The maximum atomic E-state index is 9.93. The summed E-state index contributed by atoms with van der Waals surface area (Å²) in [5, 5.41) is 11.0. The van der Waals surface area contributed by atoms with Crippen LogP contribution in [0.15, 0.2) is 0 Å². The first-order valence-corrected chi connectivity index (χ1v) is 7.17. The number of thiazole rings is 1. The Labute approximate surface area is 106 Å². The third-order valence-electron chi connectivity index (χ3n) is 3.69. The minimum absolute atomic E-state index is 0.323. The second-order valence-electron chi connectivity index (χ2n) is 5.00. The molecule has 4 nitrogen and oxygen atoms in total. The molecule has 1 unspecified atom stereocenters. The molecule has 1 aromatic heterocycles. The van der Waals surface area contributed by atoms with E-state index >= 15 is 0 Å². The Hall–Kier alpha value is -0.650. The molecule has 1 aliphatic heterocycles. The van der Waals surface area contributed by atoms with Gasteiger partial charge in [-0.3, -0.25) is 0 Å². The number of hydrogen-bond acceptors (Lipinski definition) is 5. The molecule has 0 aromatic carbocycles. The summed E-state index contributed by atoms with van der Waals surface area (Å²) in [5.41, 5.74) is 0.954. The number of hydrogen-bond donors (Lipinski definition) is 1. The molecule has 17 heavy (non-hydrogen) atoms. The third kappa shape index (κ3) is 2.19. The van der Waals surface area contributed by atoms with Gasteiger partial charge in [0, 0.05) is 31.1 Å². The van der Waals surface area contributed by atoms with Crippen LogP contribution in [0.3, 0.4) is 0 Å². The Morgan fingerprint density at radius 2 is 2.06 bits per heavy atom. The number of likely N-dealkylation sites (N-methyl/N-ethyl adjacent to an activating group) is 1. The smallest absolute Gasteiger partial charge is 0.185 e. The molecule has 0 bridgehead atoms. The van der Waals surface area contributed by atoms with Gasteiger partial charge in [-0.2, -0.15) is 0 Å². The Morgan fingerprint density at radius 3 is 2.76 bits per heavy atom. The molecule has 0 radical (unpaired) electrons. The lowest BCUT2D eigenvalue weighted by Crippen LogP contribution is -2.44. The molecule has 0 spiro atoms. The fraction of sp³-hybridized carbons (Fsp3) is 0.750. The van der Waals surface area contributed by atoms with E-state index in [2.05, 4.69) is 21.8 Å². The van der Waals surface area contributed by atoms with Crippen LogP contribution >= 0.6 is 11.3 Å². The number of aromatic nitrogens is 1. The zero-order valence-corrected chi connectivity index (χ0v) is 11.0. The van der Waals surface area contributed by atoms with Crippen LogP contribution in [0, 0.1) is 0 Å². The highest BCUT2D eigenvalue weighted by atomic mass is 32.1. The average molecular weight is 253 g/mol. The van der Waals surface area contributed by atoms with Crippen molar-refractivity contribution < 1.29 is 5.11 Å². The summed E-state index contributed by atoms with van der Waals surface area (Å²) >= 11 is 1.78. The largest absolute Gasteiger partial charge is 0.387 e. The van der Waals surface area contributed by atoms with Crippen molar-refractivity contribution in [2.75, 3.05) is 38.1 Å². The number of aryl methyl sites for hydroxylation is 1. The first-order valence-electron chi connectivity index (χ1n) is 6.35. The van der Waals surface area contributed by atoms with Gasteiger partial charge in [-0.1, -0.05) is 0 Å². The lowest BCUT2D eigenvalue weighted by molar-refractivity contribution is 0.153. The van der Waals surface area contributed by atoms with Gasteiger partial charge < -0.3 is 14.9 Å². The average Bonchev–Trinajstić information content (AvgIpc) is 2.75. The van der Waals surface area contributed by atoms with Crippen LogP contribution in [0.4, 0.5) is 5.13 Å². The highest BCUT2D eigenvalue weighted by Gasteiger charge is 2.25. The molecule has 1 aromatic rings. The van der Waals surface area contributed by atoms with Crippen molar-refractivity contribution in [1.29, 1.82) is 0 Å². The maximum Gasteiger partial charge on any atom is 0.185 e. The number of nitrogens with zero attached hydrogens (tertiary/aromatic N) is 3. The predicted octanol–water partition coefficient (Wildman–Crippen LogP) is 1.26. The maximum absolute atomic E-state index is 9.93. The van der Waals surface area contributed by atoms with Crippen LogP contribution in [0.2, 0.25) is 0 Å². The highest BCUT2D eigenvalue weighted by molar-refractivity contribution is 7.15. The fourth-order valence-electron chi connectivity index (χ4n) is 2.52. The van der Waals surface area contributed by atoms with Crippen LogP contribution < -0.4 is 4.90 Å². The second-order valence-corrected chi connectivity index (χ2v) is 6.07. The van der Waals surface area contributed by atoms with E-state index in [0.29, 0.717) is 0 Å². The van der Waals surface area contributed by atoms with Gasteiger partial charge in [-0.15, -0.1) is 11.3 Å². The fourth-order valence-corrected chi connectivity index (χ4v) is 3.72. The minimum atomic E-state index is -0.323. The van der Waals surface area contributed by atoms with Gasteiger partial charge in [0.25, 0.3) is 0 Å². The molecule has 5 heteroatoms. The molecule has 1 saturated heterocycles. The number of rotatable bonds is 1. The van der Waals surface area contributed by atoms with Crippen LogP contribution in [0.25, 0.3) is 0 Å². The van der Waals surface area contributed by atoms with Crippen molar-refractivity contribution in [3.8, 4) is 0 Å². The lowest BCUT2D eigenvalue weighted by atomic mass is 10.0. The Bertz CT molecular complexity index is 398.